The molecule has 1 aliphatic rings. The van der Waals surface area contributed by atoms with E-state index in [0.717, 1.165) is 6.42 Å². The molecule has 1 aromatic carbocycles. The molecular weight excluding hydrogens is 218 g/mol. The SMILES string of the molecule is Cc1cc(F)c(C2(C)CC2CCl)cc1F. The zero-order chi connectivity index (χ0) is 11.2. The maximum Gasteiger partial charge on any atom is 0.127 e. The number of hydrogen-bond donors (Lipinski definition) is 0. The van der Waals surface area contributed by atoms with E-state index in [0.29, 0.717) is 17.0 Å². The minimum Gasteiger partial charge on any atom is -0.207 e. The molecular formula is C12H13ClF2. The van der Waals surface area contributed by atoms with Crippen LogP contribution in [0.15, 0.2) is 12.1 Å². The Morgan fingerprint density at radius 3 is 2.60 bits per heavy atom. The van der Waals surface area contributed by atoms with Gasteiger partial charge in [0.05, 0.1) is 0 Å². The van der Waals surface area contributed by atoms with Crippen molar-refractivity contribution >= 4 is 11.6 Å². The van der Waals surface area contributed by atoms with Gasteiger partial charge in [-0.1, -0.05) is 6.92 Å². The summed E-state index contributed by atoms with van der Waals surface area (Å²) in [5.74, 6) is 0.124. The molecule has 3 heteroatoms. The molecule has 2 atom stereocenters. The van der Waals surface area contributed by atoms with Crippen LogP contribution in [0.2, 0.25) is 0 Å². The highest BCUT2D eigenvalue weighted by Gasteiger charge is 2.51. The smallest absolute Gasteiger partial charge is 0.127 e. The summed E-state index contributed by atoms with van der Waals surface area (Å²) >= 11 is 5.74. The first-order valence-electron chi connectivity index (χ1n) is 5.01. The lowest BCUT2D eigenvalue weighted by Crippen LogP contribution is -2.09. The van der Waals surface area contributed by atoms with Gasteiger partial charge in [0, 0.05) is 5.88 Å². The van der Waals surface area contributed by atoms with Crippen LogP contribution in [0.3, 0.4) is 0 Å². The predicted molar refractivity (Wildman–Crippen MR) is 57.3 cm³/mol. The van der Waals surface area contributed by atoms with E-state index < -0.39 is 0 Å². The molecule has 0 heterocycles. The van der Waals surface area contributed by atoms with Crippen LogP contribution < -0.4 is 0 Å². The van der Waals surface area contributed by atoms with E-state index in [1.54, 1.807) is 6.92 Å². The maximum atomic E-state index is 13.7. The van der Waals surface area contributed by atoms with Crippen molar-refractivity contribution < 1.29 is 8.78 Å². The van der Waals surface area contributed by atoms with E-state index in [4.69, 9.17) is 11.6 Å². The van der Waals surface area contributed by atoms with Crippen LogP contribution in [0.25, 0.3) is 0 Å². The highest BCUT2D eigenvalue weighted by Crippen LogP contribution is 2.55. The fourth-order valence-electron chi connectivity index (χ4n) is 2.09. The fraction of sp³-hybridized carbons (Fsp3) is 0.500. The Morgan fingerprint density at radius 2 is 2.07 bits per heavy atom. The Balaban J connectivity index is 2.42. The first-order valence-corrected chi connectivity index (χ1v) is 5.54. The number of benzene rings is 1. The highest BCUT2D eigenvalue weighted by molar-refractivity contribution is 6.18. The third kappa shape index (κ3) is 1.65. The Labute approximate surface area is 93.2 Å². The average Bonchev–Trinajstić information content (AvgIpc) is 2.84. The summed E-state index contributed by atoms with van der Waals surface area (Å²) in [5, 5.41) is 0. The van der Waals surface area contributed by atoms with Gasteiger partial charge in [-0.3, -0.25) is 0 Å². The number of halogens is 3. The molecule has 0 nitrogen and oxygen atoms in total. The zero-order valence-electron chi connectivity index (χ0n) is 8.78. The summed E-state index contributed by atoms with van der Waals surface area (Å²) in [4.78, 5) is 0. The number of alkyl halides is 1. The van der Waals surface area contributed by atoms with E-state index in [9.17, 15) is 8.78 Å². The van der Waals surface area contributed by atoms with Crippen LogP contribution >= 0.6 is 11.6 Å². The van der Waals surface area contributed by atoms with E-state index in [1.807, 2.05) is 6.92 Å². The summed E-state index contributed by atoms with van der Waals surface area (Å²) in [6, 6.07) is 2.58. The van der Waals surface area contributed by atoms with Gasteiger partial charge < -0.3 is 0 Å². The minimum absolute atomic E-state index is 0.264. The van der Waals surface area contributed by atoms with Crippen LogP contribution in [0.5, 0.6) is 0 Å². The molecule has 0 radical (unpaired) electrons. The van der Waals surface area contributed by atoms with E-state index in [2.05, 4.69) is 0 Å². The molecule has 1 aliphatic carbocycles. The average molecular weight is 231 g/mol. The van der Waals surface area contributed by atoms with E-state index >= 15 is 0 Å². The summed E-state index contributed by atoms with van der Waals surface area (Å²) < 4.78 is 27.0. The van der Waals surface area contributed by atoms with Crippen molar-refractivity contribution in [2.24, 2.45) is 5.92 Å². The summed E-state index contributed by atoms with van der Waals surface area (Å²) in [7, 11) is 0. The fourth-order valence-corrected chi connectivity index (χ4v) is 2.54. The first-order chi connectivity index (χ1) is 6.99. The Hall–Kier alpha value is -0.630. The molecule has 0 saturated heterocycles. The van der Waals surface area contributed by atoms with Gasteiger partial charge in [0.15, 0.2) is 0 Å². The summed E-state index contributed by atoms with van der Waals surface area (Å²) in [6.45, 7) is 3.50. The maximum absolute atomic E-state index is 13.7. The van der Waals surface area contributed by atoms with Gasteiger partial charge in [-0.25, -0.2) is 8.78 Å². The summed E-state index contributed by atoms with van der Waals surface area (Å²) in [6.07, 6.45) is 0.843. The van der Waals surface area contributed by atoms with Gasteiger partial charge in [0.1, 0.15) is 11.6 Å². The largest absolute Gasteiger partial charge is 0.207 e. The Morgan fingerprint density at radius 1 is 1.40 bits per heavy atom. The lowest BCUT2D eigenvalue weighted by molar-refractivity contribution is 0.550. The first kappa shape index (κ1) is 10.9. The van der Waals surface area contributed by atoms with Gasteiger partial charge in [0.25, 0.3) is 0 Å². The molecule has 0 N–H and O–H groups in total. The van der Waals surface area contributed by atoms with Crippen molar-refractivity contribution in [1.82, 2.24) is 0 Å². The molecule has 2 rings (SSSR count). The van der Waals surface area contributed by atoms with Crippen molar-refractivity contribution in [2.45, 2.75) is 25.7 Å². The lowest BCUT2D eigenvalue weighted by Gasteiger charge is -2.13. The standard InChI is InChI=1S/C12H13ClF2/c1-7-3-11(15)9(4-10(7)14)12(2)5-8(12)6-13/h3-4,8H,5-6H2,1-2H3. The quantitative estimate of drug-likeness (QED) is 0.678. The third-order valence-corrected chi connectivity index (χ3v) is 3.83. The molecule has 1 aromatic rings. The second kappa shape index (κ2) is 3.44. The van der Waals surface area contributed by atoms with Crippen molar-refractivity contribution in [3.63, 3.8) is 0 Å². The molecule has 0 amide bonds. The van der Waals surface area contributed by atoms with Gasteiger partial charge in [-0.05, 0) is 47.9 Å². The van der Waals surface area contributed by atoms with Crippen molar-refractivity contribution in [3.8, 4) is 0 Å². The molecule has 0 bridgehead atoms. The number of rotatable bonds is 2. The normalized spacial score (nSPS) is 29.3. The van der Waals surface area contributed by atoms with Crippen LogP contribution in [-0.4, -0.2) is 5.88 Å². The second-order valence-corrected chi connectivity index (χ2v) is 4.86. The monoisotopic (exact) mass is 230 g/mol. The van der Waals surface area contributed by atoms with E-state index in [-0.39, 0.29) is 23.0 Å². The highest BCUT2D eigenvalue weighted by atomic mass is 35.5. The summed E-state index contributed by atoms with van der Waals surface area (Å²) in [5.41, 5.74) is 0.555. The van der Waals surface area contributed by atoms with Crippen LogP contribution in [-0.2, 0) is 5.41 Å². The Bertz CT molecular complexity index is 403. The van der Waals surface area contributed by atoms with Gasteiger partial charge in [-0.2, -0.15) is 0 Å². The number of hydrogen-bond acceptors (Lipinski definition) is 0. The third-order valence-electron chi connectivity index (χ3n) is 3.46. The van der Waals surface area contributed by atoms with Gasteiger partial charge in [0.2, 0.25) is 0 Å². The Kier molecular flexibility index (Phi) is 2.50. The van der Waals surface area contributed by atoms with Crippen LogP contribution in [0.1, 0.15) is 24.5 Å². The van der Waals surface area contributed by atoms with Gasteiger partial charge in [-0.15, -0.1) is 11.6 Å². The second-order valence-electron chi connectivity index (χ2n) is 4.55. The molecule has 0 aromatic heterocycles. The van der Waals surface area contributed by atoms with Crippen molar-refractivity contribution in [1.29, 1.82) is 0 Å². The molecule has 0 aliphatic heterocycles. The van der Waals surface area contributed by atoms with Crippen molar-refractivity contribution in [3.05, 3.63) is 34.9 Å². The molecule has 0 spiro atoms. The molecule has 1 fully saturated rings. The molecule has 82 valence electrons. The lowest BCUT2D eigenvalue weighted by atomic mass is 9.94. The minimum atomic E-state index is -0.340. The number of aryl methyl sites for hydroxylation is 1. The molecule has 2 unspecified atom stereocenters. The zero-order valence-corrected chi connectivity index (χ0v) is 9.54. The van der Waals surface area contributed by atoms with Gasteiger partial charge >= 0.3 is 0 Å². The predicted octanol–water partition coefficient (Wildman–Crippen LogP) is 3.79. The molecule has 1 saturated carbocycles. The topological polar surface area (TPSA) is 0 Å². The van der Waals surface area contributed by atoms with E-state index in [1.165, 1.54) is 12.1 Å². The van der Waals surface area contributed by atoms with Crippen LogP contribution in [0.4, 0.5) is 8.78 Å². The molecule has 15 heavy (non-hydrogen) atoms. The van der Waals surface area contributed by atoms with Crippen LogP contribution in [0, 0.1) is 24.5 Å². The van der Waals surface area contributed by atoms with Crippen molar-refractivity contribution in [2.75, 3.05) is 5.88 Å².